The van der Waals surface area contributed by atoms with E-state index < -0.39 is 5.41 Å². The summed E-state index contributed by atoms with van der Waals surface area (Å²) in [6.07, 6.45) is 2.51. The lowest BCUT2D eigenvalue weighted by atomic mass is 9.95. The molecule has 0 spiro atoms. The molecule has 4 heteroatoms. The number of piperidine rings is 1. The molecule has 1 saturated heterocycles. The summed E-state index contributed by atoms with van der Waals surface area (Å²) in [5.41, 5.74) is 9.37. The second-order valence-corrected chi connectivity index (χ2v) is 7.62. The fourth-order valence-electron chi connectivity index (χ4n) is 2.89. The smallest absolute Gasteiger partial charge is 0.229 e. The molecule has 122 valence electrons. The Morgan fingerprint density at radius 2 is 2.05 bits per heavy atom. The first-order valence-corrected chi connectivity index (χ1v) is 8.15. The SMILES string of the molecule is Cc1cc(N)c(NC(=O)C(C)(C)C)cc1N1CCC[C@@H](C)C1. The van der Waals surface area contributed by atoms with Crippen molar-refractivity contribution < 1.29 is 4.79 Å². The first-order valence-electron chi connectivity index (χ1n) is 8.15. The summed E-state index contributed by atoms with van der Waals surface area (Å²) in [6, 6.07) is 4.00. The van der Waals surface area contributed by atoms with Crippen LogP contribution >= 0.6 is 0 Å². The van der Waals surface area contributed by atoms with E-state index in [1.54, 1.807) is 0 Å². The van der Waals surface area contributed by atoms with Gasteiger partial charge in [0.1, 0.15) is 0 Å². The Bertz CT molecular complexity index is 560. The van der Waals surface area contributed by atoms with Crippen molar-refractivity contribution in [3.63, 3.8) is 0 Å². The zero-order valence-electron chi connectivity index (χ0n) is 14.5. The van der Waals surface area contributed by atoms with Gasteiger partial charge in [-0.25, -0.2) is 0 Å². The molecule has 1 aromatic rings. The maximum atomic E-state index is 12.2. The first-order chi connectivity index (χ1) is 10.2. The van der Waals surface area contributed by atoms with Crippen LogP contribution in [0.2, 0.25) is 0 Å². The van der Waals surface area contributed by atoms with Gasteiger partial charge in [0.15, 0.2) is 0 Å². The first kappa shape index (κ1) is 16.7. The summed E-state index contributed by atoms with van der Waals surface area (Å²) in [4.78, 5) is 14.6. The van der Waals surface area contributed by atoms with Crippen molar-refractivity contribution in [1.29, 1.82) is 0 Å². The Labute approximate surface area is 134 Å². The molecule has 3 N–H and O–H groups in total. The lowest BCUT2D eigenvalue weighted by molar-refractivity contribution is -0.123. The van der Waals surface area contributed by atoms with Crippen molar-refractivity contribution in [2.75, 3.05) is 29.0 Å². The number of anilines is 3. The van der Waals surface area contributed by atoms with Crippen LogP contribution in [0.15, 0.2) is 12.1 Å². The molecule has 0 aromatic heterocycles. The minimum atomic E-state index is -0.433. The zero-order valence-corrected chi connectivity index (χ0v) is 14.5. The molecule has 0 aliphatic carbocycles. The molecule has 0 radical (unpaired) electrons. The van der Waals surface area contributed by atoms with Gasteiger partial charge in [-0.2, -0.15) is 0 Å². The minimum absolute atomic E-state index is 0.0129. The van der Waals surface area contributed by atoms with Gasteiger partial charge >= 0.3 is 0 Å². The van der Waals surface area contributed by atoms with Crippen LogP contribution < -0.4 is 16.0 Å². The lowest BCUT2D eigenvalue weighted by Crippen LogP contribution is -2.35. The Morgan fingerprint density at radius 1 is 1.36 bits per heavy atom. The number of nitrogens with two attached hydrogens (primary N) is 1. The minimum Gasteiger partial charge on any atom is -0.397 e. The van der Waals surface area contributed by atoms with Gasteiger partial charge in [0.25, 0.3) is 0 Å². The van der Waals surface area contributed by atoms with Gasteiger partial charge in [0.05, 0.1) is 11.4 Å². The van der Waals surface area contributed by atoms with Crippen molar-refractivity contribution in [3.8, 4) is 0 Å². The number of amides is 1. The summed E-state index contributed by atoms with van der Waals surface area (Å²) in [5.74, 6) is 0.694. The molecule has 1 amide bonds. The monoisotopic (exact) mass is 303 g/mol. The van der Waals surface area contributed by atoms with Gasteiger partial charge in [-0.15, -0.1) is 0 Å². The molecule has 0 saturated carbocycles. The van der Waals surface area contributed by atoms with Crippen LogP contribution in [0, 0.1) is 18.3 Å². The van der Waals surface area contributed by atoms with E-state index in [4.69, 9.17) is 5.73 Å². The van der Waals surface area contributed by atoms with E-state index >= 15 is 0 Å². The van der Waals surface area contributed by atoms with Crippen LogP contribution in [0.3, 0.4) is 0 Å². The van der Waals surface area contributed by atoms with E-state index in [1.165, 1.54) is 24.1 Å². The van der Waals surface area contributed by atoms with Gasteiger partial charge < -0.3 is 16.0 Å². The van der Waals surface area contributed by atoms with Crippen LogP contribution in [0.25, 0.3) is 0 Å². The van der Waals surface area contributed by atoms with Gasteiger partial charge in [-0.05, 0) is 43.4 Å². The molecule has 0 bridgehead atoms. The fourth-order valence-corrected chi connectivity index (χ4v) is 2.89. The second-order valence-electron chi connectivity index (χ2n) is 7.62. The van der Waals surface area contributed by atoms with Crippen LogP contribution in [-0.2, 0) is 4.79 Å². The summed E-state index contributed by atoms with van der Waals surface area (Å²) in [7, 11) is 0. The summed E-state index contributed by atoms with van der Waals surface area (Å²) in [6.45, 7) is 12.2. The van der Waals surface area contributed by atoms with Crippen molar-refractivity contribution in [3.05, 3.63) is 17.7 Å². The number of nitrogens with zero attached hydrogens (tertiary/aromatic N) is 1. The van der Waals surface area contributed by atoms with Gasteiger partial charge in [-0.1, -0.05) is 27.7 Å². The largest absolute Gasteiger partial charge is 0.397 e. The average molecular weight is 303 g/mol. The van der Waals surface area contributed by atoms with Crippen LogP contribution in [0.4, 0.5) is 17.1 Å². The average Bonchev–Trinajstić information content (AvgIpc) is 2.40. The number of benzene rings is 1. The quantitative estimate of drug-likeness (QED) is 0.817. The van der Waals surface area contributed by atoms with Crippen molar-refractivity contribution in [2.45, 2.75) is 47.5 Å². The maximum Gasteiger partial charge on any atom is 0.229 e. The third kappa shape index (κ3) is 3.73. The molecule has 4 nitrogen and oxygen atoms in total. The van der Waals surface area contributed by atoms with Gasteiger partial charge in [-0.3, -0.25) is 4.79 Å². The van der Waals surface area contributed by atoms with E-state index in [2.05, 4.69) is 24.1 Å². The molecule has 1 atom stereocenters. The normalized spacial score (nSPS) is 19.1. The molecular formula is C18H29N3O. The van der Waals surface area contributed by atoms with Crippen molar-refractivity contribution >= 4 is 23.0 Å². The van der Waals surface area contributed by atoms with Crippen LogP contribution in [0.1, 0.15) is 46.1 Å². The summed E-state index contributed by atoms with van der Waals surface area (Å²) in [5, 5.41) is 2.98. The number of carbonyl (C=O) groups excluding carboxylic acids is 1. The van der Waals surface area contributed by atoms with Gasteiger partial charge in [0.2, 0.25) is 5.91 Å². The van der Waals surface area contributed by atoms with Gasteiger partial charge in [0, 0.05) is 24.2 Å². The third-order valence-corrected chi connectivity index (χ3v) is 4.30. The lowest BCUT2D eigenvalue weighted by Gasteiger charge is -2.34. The highest BCUT2D eigenvalue weighted by molar-refractivity contribution is 5.98. The molecule has 1 fully saturated rings. The predicted octanol–water partition coefficient (Wildman–Crippen LogP) is 3.80. The number of nitrogen functional groups attached to an aromatic ring is 1. The predicted molar refractivity (Wildman–Crippen MR) is 94.3 cm³/mol. The van der Waals surface area contributed by atoms with E-state index in [-0.39, 0.29) is 5.91 Å². The van der Waals surface area contributed by atoms with Crippen molar-refractivity contribution in [2.24, 2.45) is 11.3 Å². The molecule has 1 heterocycles. The van der Waals surface area contributed by atoms with E-state index in [0.717, 1.165) is 18.8 Å². The number of nitrogens with one attached hydrogen (secondary N) is 1. The van der Waals surface area contributed by atoms with Crippen molar-refractivity contribution in [1.82, 2.24) is 0 Å². The molecule has 1 aliphatic rings. The van der Waals surface area contributed by atoms with Crippen LogP contribution in [-0.4, -0.2) is 19.0 Å². The number of carbonyl (C=O) groups is 1. The fraction of sp³-hybridized carbons (Fsp3) is 0.611. The Morgan fingerprint density at radius 3 is 2.64 bits per heavy atom. The highest BCUT2D eigenvalue weighted by atomic mass is 16.2. The third-order valence-electron chi connectivity index (χ3n) is 4.30. The number of aryl methyl sites for hydroxylation is 1. The Balaban J connectivity index is 2.28. The highest BCUT2D eigenvalue weighted by Crippen LogP contribution is 2.33. The number of hydrogen-bond donors (Lipinski definition) is 2. The second kappa shape index (κ2) is 6.19. The topological polar surface area (TPSA) is 58.4 Å². The Kier molecular flexibility index (Phi) is 4.69. The molecule has 22 heavy (non-hydrogen) atoms. The number of hydrogen-bond acceptors (Lipinski definition) is 3. The maximum absolute atomic E-state index is 12.2. The molecule has 1 aliphatic heterocycles. The zero-order chi connectivity index (χ0) is 16.5. The summed E-state index contributed by atoms with van der Waals surface area (Å²) < 4.78 is 0. The van der Waals surface area contributed by atoms with Crippen LogP contribution in [0.5, 0.6) is 0 Å². The number of rotatable bonds is 2. The Hall–Kier alpha value is -1.71. The van der Waals surface area contributed by atoms with E-state index in [1.807, 2.05) is 32.9 Å². The summed E-state index contributed by atoms with van der Waals surface area (Å²) >= 11 is 0. The highest BCUT2D eigenvalue weighted by Gasteiger charge is 2.23. The molecular weight excluding hydrogens is 274 g/mol. The molecule has 1 aromatic carbocycles. The molecule has 2 rings (SSSR count). The standard InChI is InChI=1S/C18H29N3O/c1-12-7-6-8-21(11-12)16-10-15(14(19)9-13(16)2)20-17(22)18(3,4)5/h9-10,12H,6-8,11,19H2,1-5H3,(H,20,22)/t12-/m1/s1. The van der Waals surface area contributed by atoms with E-state index in [9.17, 15) is 4.79 Å². The molecule has 0 unspecified atom stereocenters. The van der Waals surface area contributed by atoms with E-state index in [0.29, 0.717) is 11.6 Å².